The van der Waals surface area contributed by atoms with Gasteiger partial charge in [0.2, 0.25) is 11.8 Å². The van der Waals surface area contributed by atoms with Crippen LogP contribution in [0, 0.1) is 11.8 Å². The number of ketones is 3. The van der Waals surface area contributed by atoms with Crippen molar-refractivity contribution >= 4 is 41.1 Å². The Morgan fingerprint density at radius 3 is 1.53 bits per heavy atom. The summed E-state index contributed by atoms with van der Waals surface area (Å²) in [6, 6.07) is 0. The van der Waals surface area contributed by atoms with Crippen LogP contribution in [0.5, 0.6) is 0 Å². The van der Waals surface area contributed by atoms with Gasteiger partial charge in [-0.3, -0.25) is 33.6 Å². The van der Waals surface area contributed by atoms with Gasteiger partial charge in [0.1, 0.15) is 25.6 Å². The van der Waals surface area contributed by atoms with Gasteiger partial charge in [-0.15, -0.1) is 0 Å². The van der Waals surface area contributed by atoms with Crippen LogP contribution in [0.3, 0.4) is 0 Å². The smallest absolute Gasteiger partial charge is 0.306 e. The van der Waals surface area contributed by atoms with E-state index in [4.69, 9.17) is 29.2 Å². The molecule has 16 heteroatoms. The van der Waals surface area contributed by atoms with Crippen molar-refractivity contribution in [3.05, 3.63) is 0 Å². The molecule has 0 aliphatic rings. The zero-order valence-electron chi connectivity index (χ0n) is 39.9. The largest absolute Gasteiger partial charge is 0.481 e. The van der Waals surface area contributed by atoms with Crippen LogP contribution in [0.15, 0.2) is 0 Å². The van der Waals surface area contributed by atoms with Crippen LogP contribution >= 0.6 is 0 Å². The molecule has 16 nitrogen and oxygen atoms in total. The fourth-order valence-electron chi connectivity index (χ4n) is 6.73. The first kappa shape index (κ1) is 62.8. The van der Waals surface area contributed by atoms with Crippen LogP contribution in [0.25, 0.3) is 0 Å². The van der Waals surface area contributed by atoms with Gasteiger partial charge in [0.25, 0.3) is 0 Å². The maximum Gasteiger partial charge on any atom is 0.306 e. The summed E-state index contributed by atoms with van der Waals surface area (Å²) in [4.78, 5) is 79.8. The quantitative estimate of drug-likeness (QED) is 0.0380. The predicted octanol–water partition coefficient (Wildman–Crippen LogP) is 7.19. The van der Waals surface area contributed by atoms with E-state index in [1.165, 1.54) is 58.4 Å². The molecule has 0 bridgehead atoms. The van der Waals surface area contributed by atoms with E-state index in [0.717, 1.165) is 70.6 Å². The second-order valence-corrected chi connectivity index (χ2v) is 16.4. The first-order valence-electron chi connectivity index (χ1n) is 24.3. The van der Waals surface area contributed by atoms with E-state index < -0.39 is 24.5 Å². The molecule has 5 N–H and O–H groups in total. The minimum atomic E-state index is -1.00. The van der Waals surface area contributed by atoms with Gasteiger partial charge in [-0.2, -0.15) is 0 Å². The lowest BCUT2D eigenvalue weighted by molar-refractivity contribution is -0.144. The molecule has 2 atom stereocenters. The lowest BCUT2D eigenvalue weighted by Crippen LogP contribution is -2.29. The molecule has 0 heterocycles. The molecule has 0 spiro atoms. The highest BCUT2D eigenvalue weighted by Crippen LogP contribution is 2.17. The maximum atomic E-state index is 12.0. The Bertz CT molecular complexity index is 1200. The average molecular weight is 917 g/mol. The standard InChI is InChI=1S/C25H45NO6.C23H43NO8/c1-26-23(28)19-18-21(25(31)32)20-22(27)16-14-12-10-8-6-4-2-3-5-7-9-11-13-15-17-24(29)30;1-3-11-29-13-15-31-18-21(26)9-7-12-30-14-16-32-19-23(28)24-10-6-5-8-20(4-2)22(27)17-25/h21H,2-20H2,1H3,(H,26,28)(H,29,30)(H,31,32);20,25H,3-19H2,1-2H3,(H,24,28)/t21-;20-/m10/s1. The van der Waals surface area contributed by atoms with Crippen molar-refractivity contribution in [3.63, 3.8) is 0 Å². The zero-order chi connectivity index (χ0) is 47.9. The molecule has 0 fully saturated rings. The van der Waals surface area contributed by atoms with Crippen LogP contribution in [-0.4, -0.2) is 129 Å². The Morgan fingerprint density at radius 1 is 0.500 bits per heavy atom. The van der Waals surface area contributed by atoms with Crippen molar-refractivity contribution in [2.24, 2.45) is 11.8 Å². The fourth-order valence-corrected chi connectivity index (χ4v) is 6.73. The summed E-state index contributed by atoms with van der Waals surface area (Å²) in [6.45, 7) is 6.96. The van der Waals surface area contributed by atoms with Gasteiger partial charge in [0.15, 0.2) is 11.6 Å². The summed E-state index contributed by atoms with van der Waals surface area (Å²) in [5, 5.41) is 32.0. The number of amides is 2. The van der Waals surface area contributed by atoms with Gasteiger partial charge in [-0.05, 0) is 51.4 Å². The molecule has 0 aliphatic carbocycles. The minimum Gasteiger partial charge on any atom is -0.481 e. The number of carboxylic acids is 2. The zero-order valence-corrected chi connectivity index (χ0v) is 39.9. The van der Waals surface area contributed by atoms with E-state index in [0.29, 0.717) is 71.9 Å². The normalized spacial score (nSPS) is 11.9. The Kier molecular flexibility index (Phi) is 46.7. The number of hydrogen-bond donors (Lipinski definition) is 5. The highest BCUT2D eigenvalue weighted by molar-refractivity contribution is 5.84. The molecule has 0 saturated carbocycles. The Balaban J connectivity index is 0. The monoisotopic (exact) mass is 917 g/mol. The molecular formula is C48H88N2O14. The number of carboxylic acid groups (broad SMARTS) is 2. The van der Waals surface area contributed by atoms with E-state index in [-0.39, 0.29) is 67.6 Å². The number of ether oxygens (including phenoxy) is 4. The summed E-state index contributed by atoms with van der Waals surface area (Å²) < 4.78 is 21.2. The number of aliphatic hydroxyl groups is 1. The molecule has 0 aromatic rings. The molecule has 64 heavy (non-hydrogen) atoms. The second-order valence-electron chi connectivity index (χ2n) is 16.4. The number of unbranched alkanes of at least 4 members (excludes halogenated alkanes) is 14. The van der Waals surface area contributed by atoms with E-state index in [1.54, 1.807) is 0 Å². The number of aliphatic carboxylic acids is 2. The maximum absolute atomic E-state index is 12.0. The first-order valence-corrected chi connectivity index (χ1v) is 24.3. The molecule has 2 amide bonds. The molecule has 0 radical (unpaired) electrons. The summed E-state index contributed by atoms with van der Waals surface area (Å²) >= 11 is 0. The van der Waals surface area contributed by atoms with Gasteiger partial charge in [0, 0.05) is 64.8 Å². The van der Waals surface area contributed by atoms with Gasteiger partial charge in [0.05, 0.1) is 32.3 Å². The molecule has 374 valence electrons. The summed E-state index contributed by atoms with van der Waals surface area (Å²) in [5.74, 6) is -3.04. The van der Waals surface area contributed by atoms with Crippen molar-refractivity contribution in [3.8, 4) is 0 Å². The number of carbonyl (C=O) groups is 7. The Morgan fingerprint density at radius 2 is 1.02 bits per heavy atom. The van der Waals surface area contributed by atoms with Gasteiger partial charge >= 0.3 is 11.9 Å². The third kappa shape index (κ3) is 45.3. The van der Waals surface area contributed by atoms with Crippen LogP contribution in [0.1, 0.15) is 181 Å². The van der Waals surface area contributed by atoms with Crippen LogP contribution in [0.4, 0.5) is 0 Å². The number of rotatable bonds is 47. The third-order valence-electron chi connectivity index (χ3n) is 10.7. The number of Topliss-reactive ketones (excluding diaryl/α,β-unsaturated/α-hetero) is 3. The highest BCUT2D eigenvalue weighted by Gasteiger charge is 2.22. The molecular weight excluding hydrogens is 829 g/mol. The van der Waals surface area contributed by atoms with E-state index >= 15 is 0 Å². The van der Waals surface area contributed by atoms with E-state index in [2.05, 4.69) is 10.6 Å². The van der Waals surface area contributed by atoms with Crippen molar-refractivity contribution in [1.29, 1.82) is 0 Å². The average Bonchev–Trinajstić information content (AvgIpc) is 3.27. The van der Waals surface area contributed by atoms with Crippen LogP contribution in [0.2, 0.25) is 0 Å². The predicted molar refractivity (Wildman–Crippen MR) is 246 cm³/mol. The van der Waals surface area contributed by atoms with Crippen molar-refractivity contribution in [1.82, 2.24) is 10.6 Å². The fraction of sp³-hybridized carbons (Fsp3) is 0.854. The van der Waals surface area contributed by atoms with E-state index in [1.807, 2.05) is 13.8 Å². The number of hydrogen-bond acceptors (Lipinski definition) is 12. The minimum absolute atomic E-state index is 0.0174. The van der Waals surface area contributed by atoms with Crippen molar-refractivity contribution < 1.29 is 67.8 Å². The summed E-state index contributed by atoms with van der Waals surface area (Å²) in [6.07, 6.45) is 21.9. The summed E-state index contributed by atoms with van der Waals surface area (Å²) in [5.41, 5.74) is 0. The molecule has 0 aliphatic heterocycles. The second kappa shape index (κ2) is 47.6. The SMILES string of the molecule is CCCOCCOCC(=O)CCCOCCOCC(=O)NCCCC[C@H](CC)C(=O)CO.CNC(=O)CC[C@H](CC(=O)CCCCCCCCCCCCCCCCC(=O)O)C(=O)O. The van der Waals surface area contributed by atoms with Gasteiger partial charge in [-0.25, -0.2) is 0 Å². The molecule has 0 aromatic carbocycles. The molecule has 0 unspecified atom stereocenters. The molecule has 0 rings (SSSR count). The van der Waals surface area contributed by atoms with Gasteiger partial charge < -0.3 is 44.9 Å². The number of carbonyl (C=O) groups excluding carboxylic acids is 5. The lowest BCUT2D eigenvalue weighted by Gasteiger charge is -2.12. The molecule has 0 saturated heterocycles. The van der Waals surface area contributed by atoms with E-state index in [9.17, 15) is 38.7 Å². The highest BCUT2D eigenvalue weighted by atomic mass is 16.5. The van der Waals surface area contributed by atoms with Crippen LogP contribution in [-0.2, 0) is 52.5 Å². The first-order chi connectivity index (χ1) is 30.9. The van der Waals surface area contributed by atoms with Crippen LogP contribution < -0.4 is 10.6 Å². The summed E-state index contributed by atoms with van der Waals surface area (Å²) in [7, 11) is 1.51. The van der Waals surface area contributed by atoms with Crippen molar-refractivity contribution in [2.45, 2.75) is 181 Å². The third-order valence-corrected chi connectivity index (χ3v) is 10.7. The number of aliphatic hydroxyl groups excluding tert-OH is 1. The topological polar surface area (TPSA) is 241 Å². The number of nitrogens with one attached hydrogen (secondary N) is 2. The lowest BCUT2D eigenvalue weighted by atomic mass is 9.94. The Hall–Kier alpha value is -3.31. The molecule has 0 aromatic heterocycles. The van der Waals surface area contributed by atoms with Gasteiger partial charge in [-0.1, -0.05) is 97.3 Å². The Labute approximate surface area is 384 Å². The van der Waals surface area contributed by atoms with Crippen molar-refractivity contribution in [2.75, 3.05) is 73.1 Å².